The molecule has 2 aromatic rings. The molecule has 0 saturated carbocycles. The standard InChI is InChI=1S/C18H22Cl2N4O5S/c1-8-12(19)13(20)14(21-8)16(25)22-9-4-5-24(6-11(9)29-3)18-23-10(7-28-2)15(30-18)17(26)27/h9,11,21H,4-7H2,1-3H3,(H,22,25)(H,26,27)/t9-,11+/m0/s1. The number of aromatic amines is 1. The third kappa shape index (κ3) is 4.57. The van der Waals surface area contributed by atoms with Crippen molar-refractivity contribution in [3.63, 3.8) is 0 Å². The molecule has 0 spiro atoms. The fraction of sp³-hybridized carbons (Fsp3) is 0.500. The Labute approximate surface area is 187 Å². The molecule has 1 amide bonds. The van der Waals surface area contributed by atoms with Gasteiger partial charge in [-0.15, -0.1) is 0 Å². The second-order valence-electron chi connectivity index (χ2n) is 6.85. The Balaban J connectivity index is 1.72. The van der Waals surface area contributed by atoms with Gasteiger partial charge in [0.25, 0.3) is 5.91 Å². The average molecular weight is 477 g/mol. The summed E-state index contributed by atoms with van der Waals surface area (Å²) in [6.45, 7) is 2.87. The van der Waals surface area contributed by atoms with E-state index in [1.54, 1.807) is 14.0 Å². The number of carboxylic acids is 1. The largest absolute Gasteiger partial charge is 0.477 e. The molecule has 1 saturated heterocycles. The maximum atomic E-state index is 12.7. The molecule has 9 nitrogen and oxygen atoms in total. The Hall–Kier alpha value is -1.85. The summed E-state index contributed by atoms with van der Waals surface area (Å²) in [4.78, 5) is 33.6. The smallest absolute Gasteiger partial charge is 0.347 e. The molecule has 1 aliphatic rings. The third-order valence-electron chi connectivity index (χ3n) is 4.89. The predicted octanol–water partition coefficient (Wildman–Crippen LogP) is 2.95. The summed E-state index contributed by atoms with van der Waals surface area (Å²) in [5, 5.41) is 13.4. The molecule has 3 heterocycles. The average Bonchev–Trinajstić information content (AvgIpc) is 3.25. The second-order valence-corrected chi connectivity index (χ2v) is 8.59. The molecule has 0 aliphatic carbocycles. The molecule has 0 unspecified atom stereocenters. The number of halogens is 2. The minimum atomic E-state index is -1.03. The first-order valence-electron chi connectivity index (χ1n) is 9.10. The van der Waals surface area contributed by atoms with Gasteiger partial charge in [0.05, 0.1) is 34.5 Å². The number of aromatic carboxylic acids is 1. The van der Waals surface area contributed by atoms with Crippen molar-refractivity contribution in [1.82, 2.24) is 15.3 Å². The summed E-state index contributed by atoms with van der Waals surface area (Å²) in [6.07, 6.45) is 0.257. The fourth-order valence-corrected chi connectivity index (χ4v) is 4.70. The van der Waals surface area contributed by atoms with Crippen LogP contribution in [0.1, 0.15) is 38.0 Å². The first-order chi connectivity index (χ1) is 14.3. The molecule has 12 heteroatoms. The van der Waals surface area contributed by atoms with Crippen molar-refractivity contribution in [1.29, 1.82) is 0 Å². The zero-order valence-electron chi connectivity index (χ0n) is 16.6. The molecule has 30 heavy (non-hydrogen) atoms. The van der Waals surface area contributed by atoms with Crippen LogP contribution >= 0.6 is 34.5 Å². The van der Waals surface area contributed by atoms with Gasteiger partial charge in [0.2, 0.25) is 0 Å². The van der Waals surface area contributed by atoms with Gasteiger partial charge < -0.3 is 29.8 Å². The van der Waals surface area contributed by atoms with Crippen LogP contribution in [-0.2, 0) is 16.1 Å². The summed E-state index contributed by atoms with van der Waals surface area (Å²) in [5.74, 6) is -1.40. The molecule has 0 aromatic carbocycles. The minimum Gasteiger partial charge on any atom is -0.477 e. The lowest BCUT2D eigenvalue weighted by Crippen LogP contribution is -2.55. The highest BCUT2D eigenvalue weighted by atomic mass is 35.5. The number of nitrogens with one attached hydrogen (secondary N) is 2. The molecule has 1 aliphatic heterocycles. The number of hydrogen-bond acceptors (Lipinski definition) is 7. The second kappa shape index (κ2) is 9.52. The van der Waals surface area contributed by atoms with Crippen molar-refractivity contribution in [3.05, 3.63) is 32.0 Å². The fourth-order valence-electron chi connectivity index (χ4n) is 3.34. The van der Waals surface area contributed by atoms with Gasteiger partial charge in [0.1, 0.15) is 10.6 Å². The number of hydrogen-bond donors (Lipinski definition) is 3. The number of piperidine rings is 1. The Morgan fingerprint density at radius 3 is 2.67 bits per heavy atom. The number of carboxylic acid groups (broad SMARTS) is 1. The van der Waals surface area contributed by atoms with Crippen molar-refractivity contribution >= 4 is 51.5 Å². The summed E-state index contributed by atoms with van der Waals surface area (Å²) >= 11 is 13.3. The van der Waals surface area contributed by atoms with E-state index in [0.29, 0.717) is 41.1 Å². The van der Waals surface area contributed by atoms with E-state index >= 15 is 0 Å². The van der Waals surface area contributed by atoms with E-state index in [2.05, 4.69) is 15.3 Å². The van der Waals surface area contributed by atoms with Crippen molar-refractivity contribution in [2.24, 2.45) is 0 Å². The van der Waals surface area contributed by atoms with Gasteiger partial charge >= 0.3 is 5.97 Å². The van der Waals surface area contributed by atoms with Crippen LogP contribution in [0.3, 0.4) is 0 Å². The number of carbonyl (C=O) groups excluding carboxylic acids is 1. The number of aromatic nitrogens is 2. The summed E-state index contributed by atoms with van der Waals surface area (Å²) < 4.78 is 10.6. The molecule has 0 radical (unpaired) electrons. The van der Waals surface area contributed by atoms with E-state index in [4.69, 9.17) is 32.7 Å². The monoisotopic (exact) mass is 476 g/mol. The SMILES string of the molecule is COCc1nc(N2CC[C@H](NC(=O)c3[nH]c(C)c(Cl)c3Cl)[C@H](OC)C2)sc1C(=O)O. The number of carbonyl (C=O) groups is 2. The topological polar surface area (TPSA) is 117 Å². The minimum absolute atomic E-state index is 0.122. The Morgan fingerprint density at radius 2 is 2.10 bits per heavy atom. The van der Waals surface area contributed by atoms with Crippen LogP contribution < -0.4 is 10.2 Å². The van der Waals surface area contributed by atoms with Crippen LogP contribution in [0.25, 0.3) is 0 Å². The van der Waals surface area contributed by atoms with Crippen LogP contribution in [0.5, 0.6) is 0 Å². The van der Waals surface area contributed by atoms with Gasteiger partial charge in [0.15, 0.2) is 5.13 Å². The van der Waals surface area contributed by atoms with E-state index in [-0.39, 0.29) is 40.3 Å². The van der Waals surface area contributed by atoms with Crippen molar-refractivity contribution in [2.45, 2.75) is 32.1 Å². The predicted molar refractivity (Wildman–Crippen MR) is 114 cm³/mol. The van der Waals surface area contributed by atoms with E-state index < -0.39 is 5.97 Å². The van der Waals surface area contributed by atoms with Gasteiger partial charge in [-0.1, -0.05) is 34.5 Å². The van der Waals surface area contributed by atoms with Gasteiger partial charge in [-0.05, 0) is 13.3 Å². The van der Waals surface area contributed by atoms with E-state index in [1.165, 1.54) is 7.11 Å². The molecule has 2 aromatic heterocycles. The number of nitrogens with zero attached hydrogens (tertiary/aromatic N) is 2. The lowest BCUT2D eigenvalue weighted by atomic mass is 10.0. The van der Waals surface area contributed by atoms with Crippen molar-refractivity contribution < 1.29 is 24.2 Å². The first-order valence-corrected chi connectivity index (χ1v) is 10.7. The van der Waals surface area contributed by atoms with Gasteiger partial charge in [-0.3, -0.25) is 4.79 Å². The maximum absolute atomic E-state index is 12.7. The number of ether oxygens (including phenoxy) is 2. The van der Waals surface area contributed by atoms with Crippen LogP contribution in [0.4, 0.5) is 5.13 Å². The summed E-state index contributed by atoms with van der Waals surface area (Å²) in [6, 6.07) is -0.255. The van der Waals surface area contributed by atoms with Crippen LogP contribution in [0, 0.1) is 6.92 Å². The van der Waals surface area contributed by atoms with Crippen molar-refractivity contribution in [2.75, 3.05) is 32.2 Å². The first kappa shape index (κ1) is 22.8. The number of amides is 1. The van der Waals surface area contributed by atoms with E-state index in [0.717, 1.165) is 11.3 Å². The zero-order chi connectivity index (χ0) is 22.0. The van der Waals surface area contributed by atoms with Crippen molar-refractivity contribution in [3.8, 4) is 0 Å². The summed E-state index contributed by atoms with van der Waals surface area (Å²) in [5.41, 5.74) is 1.23. The lowest BCUT2D eigenvalue weighted by molar-refractivity contribution is 0.0540. The summed E-state index contributed by atoms with van der Waals surface area (Å²) in [7, 11) is 3.06. The number of H-pyrrole nitrogens is 1. The Kier molecular flexibility index (Phi) is 7.25. The van der Waals surface area contributed by atoms with Gasteiger partial charge in [0, 0.05) is 33.0 Å². The Bertz CT molecular complexity index is 947. The highest BCUT2D eigenvalue weighted by Crippen LogP contribution is 2.31. The van der Waals surface area contributed by atoms with Gasteiger partial charge in [-0.25, -0.2) is 9.78 Å². The highest BCUT2D eigenvalue weighted by Gasteiger charge is 2.33. The molecular weight excluding hydrogens is 455 g/mol. The molecule has 2 atom stereocenters. The molecule has 164 valence electrons. The number of aryl methyl sites for hydroxylation is 1. The third-order valence-corrected chi connectivity index (χ3v) is 6.98. The molecule has 1 fully saturated rings. The highest BCUT2D eigenvalue weighted by molar-refractivity contribution is 7.17. The Morgan fingerprint density at radius 1 is 1.37 bits per heavy atom. The maximum Gasteiger partial charge on any atom is 0.347 e. The van der Waals surface area contributed by atoms with Gasteiger partial charge in [-0.2, -0.15) is 0 Å². The van der Waals surface area contributed by atoms with E-state index in [1.807, 2.05) is 4.90 Å². The number of anilines is 1. The lowest BCUT2D eigenvalue weighted by Gasteiger charge is -2.37. The zero-order valence-corrected chi connectivity index (χ0v) is 19.0. The molecule has 0 bridgehead atoms. The quantitative estimate of drug-likeness (QED) is 0.562. The molecule has 3 rings (SSSR count). The normalized spacial score (nSPS) is 19.2. The van der Waals surface area contributed by atoms with Crippen LogP contribution in [-0.4, -0.2) is 66.4 Å². The number of rotatable bonds is 7. The van der Waals surface area contributed by atoms with Crippen LogP contribution in [0.15, 0.2) is 0 Å². The number of methoxy groups -OCH3 is 2. The molecular formula is C18H22Cl2N4O5S. The van der Waals surface area contributed by atoms with Crippen LogP contribution in [0.2, 0.25) is 10.0 Å². The number of thiazole rings is 1. The molecule has 3 N–H and O–H groups in total. The van der Waals surface area contributed by atoms with E-state index in [9.17, 15) is 14.7 Å².